The summed E-state index contributed by atoms with van der Waals surface area (Å²) in [5.74, 6) is -1.88. The molecule has 2 rings (SSSR count). The van der Waals surface area contributed by atoms with Gasteiger partial charge in [0.25, 0.3) is 0 Å². The van der Waals surface area contributed by atoms with E-state index in [1.54, 1.807) is 6.07 Å². The lowest BCUT2D eigenvalue weighted by Gasteiger charge is -2.09. The molecule has 2 aromatic rings. The van der Waals surface area contributed by atoms with Crippen LogP contribution in [0.3, 0.4) is 0 Å². The van der Waals surface area contributed by atoms with Crippen molar-refractivity contribution < 1.29 is 18.7 Å². The van der Waals surface area contributed by atoms with Gasteiger partial charge in [-0.05, 0) is 36.4 Å². The van der Waals surface area contributed by atoms with E-state index in [1.807, 2.05) is 0 Å². The summed E-state index contributed by atoms with van der Waals surface area (Å²) >= 11 is 3.11. The number of benzene rings is 2. The largest absolute Gasteiger partial charge is 0.451 e. The van der Waals surface area contributed by atoms with Crippen LogP contribution in [0.5, 0.6) is 11.5 Å². The van der Waals surface area contributed by atoms with Gasteiger partial charge in [0.1, 0.15) is 0 Å². The third kappa shape index (κ3) is 3.05. The molecule has 0 aliphatic heterocycles. The molecule has 0 unspecified atom stereocenters. The van der Waals surface area contributed by atoms with E-state index < -0.39 is 11.6 Å². The standard InChI is InChI=1S/C13H9BrF2N2O2/c14-8-2-4-12(10(16)6-8)20-11-3-1-7(5-9(11)15)13(17)18-19/h1-6,19H,(H2,17,18). The molecule has 0 aromatic heterocycles. The Morgan fingerprint density at radius 3 is 2.25 bits per heavy atom. The molecule has 0 aliphatic carbocycles. The summed E-state index contributed by atoms with van der Waals surface area (Å²) in [5.41, 5.74) is 5.52. The molecule has 0 saturated heterocycles. The van der Waals surface area contributed by atoms with E-state index in [4.69, 9.17) is 15.7 Å². The highest BCUT2D eigenvalue weighted by Gasteiger charge is 2.11. The summed E-state index contributed by atoms with van der Waals surface area (Å²) in [4.78, 5) is 0. The zero-order valence-electron chi connectivity index (χ0n) is 9.98. The predicted octanol–water partition coefficient (Wildman–Crippen LogP) is 3.61. The van der Waals surface area contributed by atoms with Crippen LogP contribution in [0, 0.1) is 11.6 Å². The first-order chi connectivity index (χ1) is 9.51. The van der Waals surface area contributed by atoms with Crippen LogP contribution in [0.2, 0.25) is 0 Å². The van der Waals surface area contributed by atoms with Gasteiger partial charge in [0.2, 0.25) is 0 Å². The van der Waals surface area contributed by atoms with Gasteiger partial charge in [0.05, 0.1) is 0 Å². The lowest BCUT2D eigenvalue weighted by molar-refractivity contribution is 0.318. The zero-order valence-corrected chi connectivity index (χ0v) is 11.6. The number of hydrogen-bond acceptors (Lipinski definition) is 3. The van der Waals surface area contributed by atoms with Crippen LogP contribution in [-0.4, -0.2) is 11.0 Å². The molecule has 104 valence electrons. The number of ether oxygens (including phenoxy) is 1. The van der Waals surface area contributed by atoms with Crippen LogP contribution in [0.15, 0.2) is 46.0 Å². The minimum absolute atomic E-state index is 0.108. The molecule has 0 radical (unpaired) electrons. The number of oxime groups is 1. The summed E-state index contributed by atoms with van der Waals surface area (Å²) in [6.07, 6.45) is 0. The number of hydrogen-bond donors (Lipinski definition) is 2. The molecule has 0 amide bonds. The molecule has 0 heterocycles. The number of rotatable bonds is 3. The lowest BCUT2D eigenvalue weighted by Crippen LogP contribution is -2.13. The van der Waals surface area contributed by atoms with Crippen LogP contribution in [-0.2, 0) is 0 Å². The normalized spacial score (nSPS) is 11.4. The molecule has 0 atom stereocenters. The van der Waals surface area contributed by atoms with E-state index in [2.05, 4.69) is 21.1 Å². The molecule has 20 heavy (non-hydrogen) atoms. The molecular formula is C13H9BrF2N2O2. The van der Waals surface area contributed by atoms with Crippen molar-refractivity contribution >= 4 is 21.8 Å². The summed E-state index contributed by atoms with van der Waals surface area (Å²) in [5, 5.41) is 11.3. The Hall–Kier alpha value is -2.15. The average molecular weight is 343 g/mol. The van der Waals surface area contributed by atoms with Crippen LogP contribution in [0.1, 0.15) is 5.56 Å². The fourth-order valence-electron chi connectivity index (χ4n) is 1.48. The van der Waals surface area contributed by atoms with Crippen LogP contribution in [0.25, 0.3) is 0 Å². The molecule has 0 spiro atoms. The molecule has 2 aromatic carbocycles. The maximum Gasteiger partial charge on any atom is 0.170 e. The number of halogens is 3. The van der Waals surface area contributed by atoms with Gasteiger partial charge >= 0.3 is 0 Å². The summed E-state index contributed by atoms with van der Waals surface area (Å²) < 4.78 is 33.1. The van der Waals surface area contributed by atoms with Crippen molar-refractivity contribution in [2.24, 2.45) is 10.9 Å². The van der Waals surface area contributed by atoms with E-state index in [0.717, 1.165) is 6.07 Å². The minimum atomic E-state index is -0.753. The van der Waals surface area contributed by atoms with Crippen molar-refractivity contribution in [2.45, 2.75) is 0 Å². The van der Waals surface area contributed by atoms with Gasteiger partial charge in [-0.15, -0.1) is 0 Å². The van der Waals surface area contributed by atoms with Crippen molar-refractivity contribution in [3.8, 4) is 11.5 Å². The van der Waals surface area contributed by atoms with Gasteiger partial charge in [-0.3, -0.25) is 0 Å². The van der Waals surface area contributed by atoms with Crippen molar-refractivity contribution in [2.75, 3.05) is 0 Å². The van der Waals surface area contributed by atoms with E-state index in [9.17, 15) is 8.78 Å². The van der Waals surface area contributed by atoms with Crippen molar-refractivity contribution in [1.82, 2.24) is 0 Å². The van der Waals surface area contributed by atoms with Crippen molar-refractivity contribution in [1.29, 1.82) is 0 Å². The molecule has 0 aliphatic rings. The molecule has 0 saturated carbocycles. The third-order valence-corrected chi connectivity index (χ3v) is 2.94. The zero-order chi connectivity index (χ0) is 14.7. The Bertz CT molecular complexity index is 677. The van der Waals surface area contributed by atoms with Crippen molar-refractivity contribution in [3.05, 3.63) is 58.1 Å². The molecule has 0 fully saturated rings. The maximum atomic E-state index is 13.8. The second-order valence-corrected chi connectivity index (χ2v) is 4.72. The van der Waals surface area contributed by atoms with Gasteiger partial charge in [-0.2, -0.15) is 0 Å². The first-order valence-corrected chi connectivity index (χ1v) is 6.21. The van der Waals surface area contributed by atoms with E-state index in [0.29, 0.717) is 4.47 Å². The Balaban J connectivity index is 2.30. The Morgan fingerprint density at radius 1 is 1.10 bits per heavy atom. The first-order valence-electron chi connectivity index (χ1n) is 5.41. The van der Waals surface area contributed by atoms with Gasteiger partial charge in [0.15, 0.2) is 29.0 Å². The lowest BCUT2D eigenvalue weighted by atomic mass is 10.2. The highest BCUT2D eigenvalue weighted by molar-refractivity contribution is 9.10. The number of nitrogens with zero attached hydrogens (tertiary/aromatic N) is 1. The SMILES string of the molecule is N/C(=N\O)c1ccc(Oc2ccc(Br)cc2F)c(F)c1. The highest BCUT2D eigenvalue weighted by Crippen LogP contribution is 2.28. The Kier molecular flexibility index (Phi) is 4.19. The molecule has 7 heteroatoms. The third-order valence-electron chi connectivity index (χ3n) is 2.45. The van der Waals surface area contributed by atoms with Gasteiger partial charge in [-0.25, -0.2) is 8.78 Å². The first kappa shape index (κ1) is 14.3. The summed E-state index contributed by atoms with van der Waals surface area (Å²) in [7, 11) is 0. The monoisotopic (exact) mass is 342 g/mol. The van der Waals surface area contributed by atoms with E-state index in [1.165, 1.54) is 24.3 Å². The molecular weight excluding hydrogens is 334 g/mol. The maximum absolute atomic E-state index is 13.8. The topological polar surface area (TPSA) is 67.8 Å². The Morgan fingerprint density at radius 2 is 1.70 bits per heavy atom. The van der Waals surface area contributed by atoms with E-state index >= 15 is 0 Å². The van der Waals surface area contributed by atoms with Gasteiger partial charge < -0.3 is 15.7 Å². The minimum Gasteiger partial charge on any atom is -0.451 e. The summed E-state index contributed by atoms with van der Waals surface area (Å²) in [6, 6.07) is 7.84. The highest BCUT2D eigenvalue weighted by atomic mass is 79.9. The second-order valence-electron chi connectivity index (χ2n) is 3.81. The smallest absolute Gasteiger partial charge is 0.170 e. The van der Waals surface area contributed by atoms with Crippen LogP contribution in [0.4, 0.5) is 8.78 Å². The van der Waals surface area contributed by atoms with Gasteiger partial charge in [0, 0.05) is 10.0 Å². The number of amidine groups is 1. The quantitative estimate of drug-likeness (QED) is 0.387. The molecule has 4 nitrogen and oxygen atoms in total. The van der Waals surface area contributed by atoms with Crippen LogP contribution >= 0.6 is 15.9 Å². The fourth-order valence-corrected chi connectivity index (χ4v) is 1.81. The average Bonchev–Trinajstić information content (AvgIpc) is 2.42. The predicted molar refractivity (Wildman–Crippen MR) is 73.1 cm³/mol. The van der Waals surface area contributed by atoms with Crippen molar-refractivity contribution in [3.63, 3.8) is 0 Å². The summed E-state index contributed by atoms with van der Waals surface area (Å²) in [6.45, 7) is 0. The molecule has 3 N–H and O–H groups in total. The van der Waals surface area contributed by atoms with Crippen LogP contribution < -0.4 is 10.5 Å². The van der Waals surface area contributed by atoms with E-state index in [-0.39, 0.29) is 22.9 Å². The number of nitrogens with two attached hydrogens (primary N) is 1. The molecule has 0 bridgehead atoms. The fraction of sp³-hybridized carbons (Fsp3) is 0. The van der Waals surface area contributed by atoms with Gasteiger partial charge in [-0.1, -0.05) is 21.1 Å². The second kappa shape index (κ2) is 5.87. The Labute approximate surface area is 121 Å².